The van der Waals surface area contributed by atoms with Crippen LogP contribution in [0.25, 0.3) is 0 Å². The van der Waals surface area contributed by atoms with Gasteiger partial charge in [-0.2, -0.15) is 0 Å². The minimum Gasteiger partial charge on any atom is -0.395 e. The van der Waals surface area contributed by atoms with Gasteiger partial charge in [-0.25, -0.2) is 0 Å². The van der Waals surface area contributed by atoms with Gasteiger partial charge in [0.1, 0.15) is 6.04 Å². The van der Waals surface area contributed by atoms with Crippen molar-refractivity contribution >= 4 is 11.8 Å². The molecular formula is C7H12N2O3. The number of nitrogens with one attached hydrogen (secondary N) is 2. The van der Waals surface area contributed by atoms with Crippen molar-refractivity contribution in [2.75, 3.05) is 13.2 Å². The Balaban J connectivity index is 2.28. The number of carbonyl (C=O) groups excluding carboxylic acids is 2. The molecule has 0 spiro atoms. The highest BCUT2D eigenvalue weighted by molar-refractivity contribution is 5.90. The van der Waals surface area contributed by atoms with Gasteiger partial charge in [-0.3, -0.25) is 9.59 Å². The van der Waals surface area contributed by atoms with E-state index < -0.39 is 6.04 Å². The summed E-state index contributed by atoms with van der Waals surface area (Å²) in [5.41, 5.74) is 0. The zero-order valence-corrected chi connectivity index (χ0v) is 6.67. The predicted molar refractivity (Wildman–Crippen MR) is 41.3 cm³/mol. The standard InChI is InChI=1S/C7H12N2O3/c10-4-3-8-7(12)5-1-2-6(11)9-5/h5,10H,1-4H2,(H,8,12)(H,9,11). The molecule has 1 aliphatic heterocycles. The Kier molecular flexibility index (Phi) is 3.04. The molecule has 3 N–H and O–H groups in total. The molecule has 0 saturated carbocycles. The van der Waals surface area contributed by atoms with Crippen molar-refractivity contribution in [3.8, 4) is 0 Å². The van der Waals surface area contributed by atoms with Gasteiger partial charge in [0.2, 0.25) is 11.8 Å². The van der Waals surface area contributed by atoms with Crippen molar-refractivity contribution in [1.82, 2.24) is 10.6 Å². The van der Waals surface area contributed by atoms with E-state index >= 15 is 0 Å². The quantitative estimate of drug-likeness (QED) is 0.478. The Morgan fingerprint density at radius 3 is 3.00 bits per heavy atom. The highest BCUT2D eigenvalue weighted by atomic mass is 16.3. The van der Waals surface area contributed by atoms with E-state index in [9.17, 15) is 9.59 Å². The van der Waals surface area contributed by atoms with Crippen molar-refractivity contribution < 1.29 is 14.7 Å². The smallest absolute Gasteiger partial charge is 0.242 e. The van der Waals surface area contributed by atoms with Crippen LogP contribution in [0, 0.1) is 0 Å². The van der Waals surface area contributed by atoms with E-state index in [1.165, 1.54) is 0 Å². The van der Waals surface area contributed by atoms with Crippen molar-refractivity contribution in [3.63, 3.8) is 0 Å². The number of hydrogen-bond donors (Lipinski definition) is 3. The maximum atomic E-state index is 11.1. The molecule has 0 radical (unpaired) electrons. The number of rotatable bonds is 3. The largest absolute Gasteiger partial charge is 0.395 e. The molecule has 0 aliphatic carbocycles. The van der Waals surface area contributed by atoms with Gasteiger partial charge < -0.3 is 15.7 Å². The first-order valence-electron chi connectivity index (χ1n) is 3.92. The molecule has 1 unspecified atom stereocenters. The molecular weight excluding hydrogens is 160 g/mol. The molecule has 0 aromatic carbocycles. The van der Waals surface area contributed by atoms with Gasteiger partial charge in [0.05, 0.1) is 6.61 Å². The van der Waals surface area contributed by atoms with Gasteiger partial charge in [-0.05, 0) is 6.42 Å². The van der Waals surface area contributed by atoms with Crippen LogP contribution in [0.1, 0.15) is 12.8 Å². The molecule has 0 bridgehead atoms. The fourth-order valence-electron chi connectivity index (χ4n) is 1.11. The molecule has 2 amide bonds. The Bertz CT molecular complexity index is 193. The third-order valence-corrected chi connectivity index (χ3v) is 1.72. The molecule has 5 nitrogen and oxygen atoms in total. The van der Waals surface area contributed by atoms with Crippen molar-refractivity contribution in [2.45, 2.75) is 18.9 Å². The highest BCUT2D eigenvalue weighted by Gasteiger charge is 2.26. The van der Waals surface area contributed by atoms with Crippen LogP contribution in [0.5, 0.6) is 0 Å². The Hall–Kier alpha value is -1.10. The van der Waals surface area contributed by atoms with Gasteiger partial charge in [0.15, 0.2) is 0 Å². The van der Waals surface area contributed by atoms with Crippen molar-refractivity contribution in [1.29, 1.82) is 0 Å². The zero-order valence-electron chi connectivity index (χ0n) is 6.67. The van der Waals surface area contributed by atoms with Gasteiger partial charge >= 0.3 is 0 Å². The average Bonchev–Trinajstić information content (AvgIpc) is 2.47. The highest BCUT2D eigenvalue weighted by Crippen LogP contribution is 2.05. The first-order chi connectivity index (χ1) is 5.74. The summed E-state index contributed by atoms with van der Waals surface area (Å²) >= 11 is 0. The number of hydrogen-bond acceptors (Lipinski definition) is 3. The van der Waals surface area contributed by atoms with Crippen LogP contribution >= 0.6 is 0 Å². The molecule has 68 valence electrons. The van der Waals surface area contributed by atoms with E-state index in [4.69, 9.17) is 5.11 Å². The first-order valence-corrected chi connectivity index (χ1v) is 3.92. The van der Waals surface area contributed by atoms with Crippen LogP contribution in [0.4, 0.5) is 0 Å². The first kappa shape index (κ1) is 8.99. The van der Waals surface area contributed by atoms with Crippen molar-refractivity contribution in [3.05, 3.63) is 0 Å². The van der Waals surface area contributed by atoms with Crippen LogP contribution in [0.15, 0.2) is 0 Å². The maximum absolute atomic E-state index is 11.1. The summed E-state index contributed by atoms with van der Waals surface area (Å²) in [5, 5.41) is 13.4. The van der Waals surface area contributed by atoms with Crippen LogP contribution < -0.4 is 10.6 Å². The van der Waals surface area contributed by atoms with Crippen LogP contribution in [0.2, 0.25) is 0 Å². The number of amides is 2. The van der Waals surface area contributed by atoms with Gasteiger partial charge in [-0.15, -0.1) is 0 Å². The summed E-state index contributed by atoms with van der Waals surface area (Å²) in [6, 6.07) is -0.399. The monoisotopic (exact) mass is 172 g/mol. The van der Waals surface area contributed by atoms with E-state index in [2.05, 4.69) is 10.6 Å². The fraction of sp³-hybridized carbons (Fsp3) is 0.714. The predicted octanol–water partition coefficient (Wildman–Crippen LogP) is -1.63. The lowest BCUT2D eigenvalue weighted by atomic mass is 10.2. The van der Waals surface area contributed by atoms with E-state index in [1.54, 1.807) is 0 Å². The lowest BCUT2D eigenvalue weighted by molar-refractivity contribution is -0.125. The zero-order chi connectivity index (χ0) is 8.97. The second kappa shape index (κ2) is 4.06. The number of carbonyl (C=O) groups is 2. The summed E-state index contributed by atoms with van der Waals surface area (Å²) in [7, 11) is 0. The number of aliphatic hydroxyl groups is 1. The summed E-state index contributed by atoms with van der Waals surface area (Å²) in [4.78, 5) is 21.8. The van der Waals surface area contributed by atoms with Crippen LogP contribution in [-0.2, 0) is 9.59 Å². The lowest BCUT2D eigenvalue weighted by Crippen LogP contribution is -2.42. The van der Waals surface area contributed by atoms with Gasteiger partial charge in [0, 0.05) is 13.0 Å². The summed E-state index contributed by atoms with van der Waals surface area (Å²) in [5.74, 6) is -0.297. The van der Waals surface area contributed by atoms with E-state index in [0.29, 0.717) is 12.8 Å². The van der Waals surface area contributed by atoms with Crippen LogP contribution in [-0.4, -0.2) is 36.1 Å². The Labute approximate surface area is 70.1 Å². The summed E-state index contributed by atoms with van der Waals surface area (Å²) in [6.45, 7) is 0.164. The van der Waals surface area contributed by atoms with Crippen molar-refractivity contribution in [2.24, 2.45) is 0 Å². The molecule has 1 aliphatic rings. The molecule has 12 heavy (non-hydrogen) atoms. The third-order valence-electron chi connectivity index (χ3n) is 1.72. The molecule has 1 fully saturated rings. The maximum Gasteiger partial charge on any atom is 0.242 e. The molecule has 5 heteroatoms. The van der Waals surface area contributed by atoms with E-state index in [0.717, 1.165) is 0 Å². The Morgan fingerprint density at radius 1 is 1.75 bits per heavy atom. The van der Waals surface area contributed by atoms with E-state index in [1.807, 2.05) is 0 Å². The van der Waals surface area contributed by atoms with E-state index in [-0.39, 0.29) is 25.0 Å². The van der Waals surface area contributed by atoms with Crippen LogP contribution in [0.3, 0.4) is 0 Å². The molecule has 1 atom stereocenters. The molecule has 0 aromatic heterocycles. The molecule has 1 saturated heterocycles. The Morgan fingerprint density at radius 2 is 2.50 bits per heavy atom. The number of aliphatic hydroxyl groups excluding tert-OH is 1. The second-order valence-electron chi connectivity index (χ2n) is 2.67. The second-order valence-corrected chi connectivity index (χ2v) is 2.67. The fourth-order valence-corrected chi connectivity index (χ4v) is 1.11. The average molecular weight is 172 g/mol. The minimum absolute atomic E-state index is 0.0770. The lowest BCUT2D eigenvalue weighted by Gasteiger charge is -2.08. The normalized spacial score (nSPS) is 22.1. The SMILES string of the molecule is O=C1CCC(C(=O)NCCO)N1. The molecule has 1 heterocycles. The van der Waals surface area contributed by atoms with Gasteiger partial charge in [0.25, 0.3) is 0 Å². The third kappa shape index (κ3) is 2.20. The topological polar surface area (TPSA) is 78.4 Å². The summed E-state index contributed by atoms with van der Waals surface area (Å²) in [6.07, 6.45) is 0.966. The molecule has 1 rings (SSSR count). The molecule has 0 aromatic rings. The minimum atomic E-state index is -0.399. The van der Waals surface area contributed by atoms with Gasteiger partial charge in [-0.1, -0.05) is 0 Å². The summed E-state index contributed by atoms with van der Waals surface area (Å²) < 4.78 is 0.